The van der Waals surface area contributed by atoms with Gasteiger partial charge >= 0.3 is 0 Å². The fourth-order valence-corrected chi connectivity index (χ4v) is 3.10. The number of hydrogen-bond donors (Lipinski definition) is 0. The van der Waals surface area contributed by atoms with Crippen molar-refractivity contribution in [1.82, 2.24) is 4.90 Å². The van der Waals surface area contributed by atoms with Crippen LogP contribution in [0.15, 0.2) is 60.7 Å². The second-order valence-electron chi connectivity index (χ2n) is 6.42. The molecular weight excluding hydrogens is 298 g/mol. The summed E-state index contributed by atoms with van der Waals surface area (Å²) in [5.74, 6) is 2.63. The van der Waals surface area contributed by atoms with Crippen LogP contribution in [0.25, 0.3) is 0 Å². The molecule has 0 aliphatic carbocycles. The molecular formula is C21H27NO2. The van der Waals surface area contributed by atoms with Crippen LogP contribution >= 0.6 is 0 Å². The molecule has 0 radical (unpaired) electrons. The SMILES string of the molecule is c1ccc(OCCCN2CCC(COc3ccccc3)CC2)cc1. The third kappa shape index (κ3) is 5.57. The molecule has 1 aliphatic heterocycles. The van der Waals surface area contributed by atoms with Crippen molar-refractivity contribution in [3.63, 3.8) is 0 Å². The lowest BCUT2D eigenvalue weighted by molar-refractivity contribution is 0.135. The highest BCUT2D eigenvalue weighted by Gasteiger charge is 2.19. The molecule has 1 fully saturated rings. The van der Waals surface area contributed by atoms with Gasteiger partial charge < -0.3 is 14.4 Å². The fraction of sp³-hybridized carbons (Fsp3) is 0.429. The zero-order chi connectivity index (χ0) is 16.5. The smallest absolute Gasteiger partial charge is 0.119 e. The van der Waals surface area contributed by atoms with E-state index in [0.717, 1.165) is 37.7 Å². The van der Waals surface area contributed by atoms with E-state index in [0.29, 0.717) is 5.92 Å². The maximum absolute atomic E-state index is 5.89. The third-order valence-corrected chi connectivity index (χ3v) is 4.57. The second-order valence-corrected chi connectivity index (χ2v) is 6.42. The lowest BCUT2D eigenvalue weighted by Gasteiger charge is -2.31. The van der Waals surface area contributed by atoms with Crippen molar-refractivity contribution in [1.29, 1.82) is 0 Å². The normalized spacial score (nSPS) is 16.0. The maximum atomic E-state index is 5.89. The highest BCUT2D eigenvalue weighted by Crippen LogP contribution is 2.19. The average molecular weight is 325 g/mol. The number of piperidine rings is 1. The third-order valence-electron chi connectivity index (χ3n) is 4.57. The molecule has 128 valence electrons. The molecule has 0 N–H and O–H groups in total. The molecule has 3 nitrogen and oxygen atoms in total. The van der Waals surface area contributed by atoms with E-state index in [2.05, 4.69) is 4.90 Å². The van der Waals surface area contributed by atoms with Crippen LogP contribution < -0.4 is 9.47 Å². The van der Waals surface area contributed by atoms with Crippen LogP contribution in [0.2, 0.25) is 0 Å². The first-order valence-corrected chi connectivity index (χ1v) is 8.98. The standard InChI is InChI=1S/C21H27NO2/c1-3-8-20(9-4-1)23-17-7-14-22-15-12-19(13-16-22)18-24-21-10-5-2-6-11-21/h1-6,8-11,19H,7,12-18H2. The van der Waals surface area contributed by atoms with Crippen LogP contribution in [0.3, 0.4) is 0 Å². The van der Waals surface area contributed by atoms with Gasteiger partial charge in [-0.25, -0.2) is 0 Å². The molecule has 1 saturated heterocycles. The average Bonchev–Trinajstić information content (AvgIpc) is 2.66. The molecule has 0 aromatic heterocycles. The molecule has 1 heterocycles. The molecule has 0 amide bonds. The summed E-state index contributed by atoms with van der Waals surface area (Å²) in [6, 6.07) is 20.2. The van der Waals surface area contributed by atoms with Crippen molar-refractivity contribution >= 4 is 0 Å². The molecule has 2 aromatic rings. The Hall–Kier alpha value is -2.00. The Labute approximate surface area is 145 Å². The molecule has 1 aliphatic rings. The van der Waals surface area contributed by atoms with Crippen molar-refractivity contribution < 1.29 is 9.47 Å². The number of rotatable bonds is 8. The van der Waals surface area contributed by atoms with E-state index < -0.39 is 0 Å². The Morgan fingerprint density at radius 3 is 2.00 bits per heavy atom. The molecule has 0 unspecified atom stereocenters. The first-order chi connectivity index (χ1) is 11.9. The van der Waals surface area contributed by atoms with Crippen LogP contribution in [0.1, 0.15) is 19.3 Å². The predicted octanol–water partition coefficient (Wildman–Crippen LogP) is 4.25. The summed E-state index contributed by atoms with van der Waals surface area (Å²) in [6.07, 6.45) is 3.54. The summed E-state index contributed by atoms with van der Waals surface area (Å²) >= 11 is 0. The summed E-state index contributed by atoms with van der Waals surface area (Å²) in [4.78, 5) is 2.55. The summed E-state index contributed by atoms with van der Waals surface area (Å²) in [6.45, 7) is 5.11. The van der Waals surface area contributed by atoms with Gasteiger partial charge in [0, 0.05) is 6.54 Å². The summed E-state index contributed by atoms with van der Waals surface area (Å²) < 4.78 is 11.6. The minimum Gasteiger partial charge on any atom is -0.494 e. The van der Waals surface area contributed by atoms with Crippen molar-refractivity contribution in [3.8, 4) is 11.5 Å². The van der Waals surface area contributed by atoms with Gasteiger partial charge in [0.1, 0.15) is 11.5 Å². The van der Waals surface area contributed by atoms with Gasteiger partial charge in [-0.2, -0.15) is 0 Å². The largest absolute Gasteiger partial charge is 0.494 e. The van der Waals surface area contributed by atoms with E-state index in [1.54, 1.807) is 0 Å². The number of nitrogens with zero attached hydrogens (tertiary/aromatic N) is 1. The van der Waals surface area contributed by atoms with Crippen molar-refractivity contribution in [2.75, 3.05) is 32.8 Å². The summed E-state index contributed by atoms with van der Waals surface area (Å²) in [5, 5.41) is 0. The highest BCUT2D eigenvalue weighted by molar-refractivity contribution is 5.21. The monoisotopic (exact) mass is 325 g/mol. The number of ether oxygens (including phenoxy) is 2. The van der Waals surface area contributed by atoms with Gasteiger partial charge in [0.25, 0.3) is 0 Å². The Morgan fingerprint density at radius 1 is 0.792 bits per heavy atom. The predicted molar refractivity (Wildman–Crippen MR) is 97.7 cm³/mol. The molecule has 0 atom stereocenters. The molecule has 0 spiro atoms. The van der Waals surface area contributed by atoms with Crippen molar-refractivity contribution in [2.24, 2.45) is 5.92 Å². The molecule has 24 heavy (non-hydrogen) atoms. The topological polar surface area (TPSA) is 21.7 Å². The Balaban J connectivity index is 1.27. The van der Waals surface area contributed by atoms with Gasteiger partial charge in [0.05, 0.1) is 13.2 Å². The Morgan fingerprint density at radius 2 is 1.38 bits per heavy atom. The number of likely N-dealkylation sites (tertiary alicyclic amines) is 1. The molecule has 0 bridgehead atoms. The van der Waals surface area contributed by atoms with Gasteiger partial charge in [-0.1, -0.05) is 36.4 Å². The van der Waals surface area contributed by atoms with E-state index in [4.69, 9.17) is 9.47 Å². The fourth-order valence-electron chi connectivity index (χ4n) is 3.10. The van der Waals surface area contributed by atoms with E-state index in [9.17, 15) is 0 Å². The highest BCUT2D eigenvalue weighted by atomic mass is 16.5. The van der Waals surface area contributed by atoms with Gasteiger partial charge in [-0.05, 0) is 62.5 Å². The minimum atomic E-state index is 0.682. The van der Waals surface area contributed by atoms with Crippen molar-refractivity contribution in [2.45, 2.75) is 19.3 Å². The van der Waals surface area contributed by atoms with Crippen molar-refractivity contribution in [3.05, 3.63) is 60.7 Å². The molecule has 3 rings (SSSR count). The Bertz CT molecular complexity index is 565. The van der Waals surface area contributed by atoms with Crippen LogP contribution in [0.4, 0.5) is 0 Å². The van der Waals surface area contributed by atoms with Crippen LogP contribution in [-0.4, -0.2) is 37.7 Å². The number of hydrogen-bond acceptors (Lipinski definition) is 3. The van der Waals surface area contributed by atoms with Crippen LogP contribution in [-0.2, 0) is 0 Å². The van der Waals surface area contributed by atoms with Crippen LogP contribution in [0.5, 0.6) is 11.5 Å². The van der Waals surface area contributed by atoms with E-state index in [1.165, 1.54) is 25.9 Å². The molecule has 3 heteroatoms. The second kappa shape index (κ2) is 9.33. The van der Waals surface area contributed by atoms with E-state index >= 15 is 0 Å². The number of benzene rings is 2. The Kier molecular flexibility index (Phi) is 6.55. The summed E-state index contributed by atoms with van der Waals surface area (Å²) in [5.41, 5.74) is 0. The number of para-hydroxylation sites is 2. The van der Waals surface area contributed by atoms with Crippen LogP contribution in [0, 0.1) is 5.92 Å². The zero-order valence-electron chi connectivity index (χ0n) is 14.3. The lowest BCUT2D eigenvalue weighted by Crippen LogP contribution is -2.36. The van der Waals surface area contributed by atoms with Gasteiger partial charge in [-0.15, -0.1) is 0 Å². The quantitative estimate of drug-likeness (QED) is 0.677. The van der Waals surface area contributed by atoms with E-state index in [1.807, 2.05) is 60.7 Å². The van der Waals surface area contributed by atoms with E-state index in [-0.39, 0.29) is 0 Å². The zero-order valence-corrected chi connectivity index (χ0v) is 14.3. The van der Waals surface area contributed by atoms with Gasteiger partial charge in [-0.3, -0.25) is 0 Å². The minimum absolute atomic E-state index is 0.682. The molecule has 0 saturated carbocycles. The molecule has 2 aromatic carbocycles. The van der Waals surface area contributed by atoms with Gasteiger partial charge in [0.15, 0.2) is 0 Å². The lowest BCUT2D eigenvalue weighted by atomic mass is 9.98. The first kappa shape index (κ1) is 16.8. The maximum Gasteiger partial charge on any atom is 0.119 e. The first-order valence-electron chi connectivity index (χ1n) is 8.98. The van der Waals surface area contributed by atoms with Gasteiger partial charge in [0.2, 0.25) is 0 Å². The summed E-state index contributed by atoms with van der Waals surface area (Å²) in [7, 11) is 0.